The van der Waals surface area contributed by atoms with Gasteiger partial charge in [-0.05, 0) is 57.7 Å². The lowest BCUT2D eigenvalue weighted by molar-refractivity contribution is 0.182. The van der Waals surface area contributed by atoms with Crippen molar-refractivity contribution in [3.63, 3.8) is 0 Å². The van der Waals surface area contributed by atoms with Crippen LogP contribution in [0.2, 0.25) is 0 Å². The lowest BCUT2D eigenvalue weighted by atomic mass is 9.93. The van der Waals surface area contributed by atoms with Crippen LogP contribution in [0.1, 0.15) is 70.2 Å². The zero-order chi connectivity index (χ0) is 17.8. The Morgan fingerprint density at radius 3 is 2.69 bits per heavy atom. The smallest absolute Gasteiger partial charge is 0.280 e. The van der Waals surface area contributed by atoms with Crippen molar-refractivity contribution in [1.82, 2.24) is 30.0 Å². The fourth-order valence-corrected chi connectivity index (χ4v) is 4.33. The molecule has 7 heteroatoms. The van der Waals surface area contributed by atoms with E-state index in [4.69, 9.17) is 4.52 Å². The minimum absolute atomic E-state index is 0.473. The number of rotatable bonds is 6. The van der Waals surface area contributed by atoms with Gasteiger partial charge in [0, 0.05) is 6.42 Å². The van der Waals surface area contributed by atoms with E-state index in [1.807, 2.05) is 10.9 Å². The molecule has 0 bridgehead atoms. The van der Waals surface area contributed by atoms with Crippen LogP contribution in [0.4, 0.5) is 0 Å². The molecule has 4 rings (SSSR count). The maximum absolute atomic E-state index is 5.47. The highest BCUT2D eigenvalue weighted by Gasteiger charge is 2.22. The van der Waals surface area contributed by atoms with Crippen molar-refractivity contribution in [2.24, 2.45) is 5.92 Å². The van der Waals surface area contributed by atoms with Gasteiger partial charge < -0.3 is 9.42 Å². The molecule has 1 aliphatic heterocycles. The highest BCUT2D eigenvalue weighted by molar-refractivity contribution is 5.43. The minimum Gasteiger partial charge on any atom is -0.332 e. The SMILES string of the molecule is CCCN1CCC(Cc2noc(-c3cn(C4CCCCC4)nn3)n2)CC1. The summed E-state index contributed by atoms with van der Waals surface area (Å²) in [6.07, 6.45) is 12.8. The molecule has 1 saturated heterocycles. The standard InChI is InChI=1S/C19H30N6O/c1-2-10-24-11-8-15(9-12-24)13-18-20-19(26-22-18)17-14-25(23-21-17)16-6-4-3-5-7-16/h14-16H,2-13H2,1H3. The predicted molar refractivity (Wildman–Crippen MR) is 98.6 cm³/mol. The van der Waals surface area contributed by atoms with Gasteiger partial charge in [0.05, 0.1) is 12.2 Å². The van der Waals surface area contributed by atoms with Crippen molar-refractivity contribution in [3.05, 3.63) is 12.0 Å². The molecule has 3 heterocycles. The fraction of sp³-hybridized carbons (Fsp3) is 0.789. The van der Waals surface area contributed by atoms with Crippen molar-refractivity contribution in [2.45, 2.75) is 70.8 Å². The topological polar surface area (TPSA) is 72.9 Å². The summed E-state index contributed by atoms with van der Waals surface area (Å²) in [4.78, 5) is 7.14. The largest absolute Gasteiger partial charge is 0.332 e. The van der Waals surface area contributed by atoms with E-state index in [0.717, 1.165) is 12.2 Å². The molecule has 0 unspecified atom stereocenters. The Kier molecular flexibility index (Phi) is 5.62. The third kappa shape index (κ3) is 4.14. The molecule has 26 heavy (non-hydrogen) atoms. The quantitative estimate of drug-likeness (QED) is 0.787. The van der Waals surface area contributed by atoms with Gasteiger partial charge in [0.15, 0.2) is 11.5 Å². The Balaban J connectivity index is 1.34. The molecule has 1 aliphatic carbocycles. The number of likely N-dealkylation sites (tertiary alicyclic amines) is 1. The fourth-order valence-electron chi connectivity index (χ4n) is 4.33. The lowest BCUT2D eigenvalue weighted by Gasteiger charge is -2.31. The van der Waals surface area contributed by atoms with Crippen LogP contribution in [0, 0.1) is 5.92 Å². The van der Waals surface area contributed by atoms with Crippen LogP contribution < -0.4 is 0 Å². The van der Waals surface area contributed by atoms with E-state index >= 15 is 0 Å². The number of piperidine rings is 1. The first-order valence-electron chi connectivity index (χ1n) is 10.3. The molecule has 0 spiro atoms. The van der Waals surface area contributed by atoms with E-state index in [9.17, 15) is 0 Å². The molecule has 2 fully saturated rings. The first kappa shape index (κ1) is 17.6. The number of aromatic nitrogens is 5. The molecule has 2 aliphatic rings. The normalized spacial score (nSPS) is 20.7. The molecular weight excluding hydrogens is 328 g/mol. The van der Waals surface area contributed by atoms with Gasteiger partial charge in [-0.15, -0.1) is 5.10 Å². The molecule has 0 atom stereocenters. The second-order valence-electron chi connectivity index (χ2n) is 7.88. The van der Waals surface area contributed by atoms with Gasteiger partial charge in [-0.2, -0.15) is 4.98 Å². The van der Waals surface area contributed by atoms with Gasteiger partial charge in [-0.1, -0.05) is 36.6 Å². The molecule has 142 valence electrons. The van der Waals surface area contributed by atoms with Gasteiger partial charge in [-0.25, -0.2) is 4.68 Å². The van der Waals surface area contributed by atoms with Gasteiger partial charge >= 0.3 is 0 Å². The van der Waals surface area contributed by atoms with E-state index < -0.39 is 0 Å². The van der Waals surface area contributed by atoms with Crippen LogP contribution in [0.5, 0.6) is 0 Å². The van der Waals surface area contributed by atoms with Crippen molar-refractivity contribution in [1.29, 1.82) is 0 Å². The molecular formula is C19H30N6O. The third-order valence-corrected chi connectivity index (χ3v) is 5.86. The summed E-state index contributed by atoms with van der Waals surface area (Å²) < 4.78 is 7.45. The lowest BCUT2D eigenvalue weighted by Crippen LogP contribution is -2.34. The van der Waals surface area contributed by atoms with Crippen molar-refractivity contribution < 1.29 is 4.52 Å². The Bertz CT molecular complexity index is 682. The molecule has 0 radical (unpaired) electrons. The van der Waals surface area contributed by atoms with Crippen LogP contribution in [-0.4, -0.2) is 49.7 Å². The number of nitrogens with zero attached hydrogens (tertiary/aromatic N) is 6. The Morgan fingerprint density at radius 2 is 1.92 bits per heavy atom. The monoisotopic (exact) mass is 358 g/mol. The van der Waals surface area contributed by atoms with Gasteiger partial charge in [0.25, 0.3) is 5.89 Å². The summed E-state index contributed by atoms with van der Waals surface area (Å²) in [6.45, 7) is 5.85. The maximum atomic E-state index is 5.47. The zero-order valence-electron chi connectivity index (χ0n) is 15.8. The molecule has 7 nitrogen and oxygen atoms in total. The summed E-state index contributed by atoms with van der Waals surface area (Å²) in [7, 11) is 0. The van der Waals surface area contributed by atoms with Crippen molar-refractivity contribution >= 4 is 0 Å². The van der Waals surface area contributed by atoms with Crippen LogP contribution in [-0.2, 0) is 6.42 Å². The molecule has 1 saturated carbocycles. The van der Waals surface area contributed by atoms with Crippen LogP contribution in [0.25, 0.3) is 11.6 Å². The second kappa shape index (κ2) is 8.29. The maximum Gasteiger partial charge on any atom is 0.280 e. The van der Waals surface area contributed by atoms with E-state index in [-0.39, 0.29) is 0 Å². The van der Waals surface area contributed by atoms with Crippen molar-refractivity contribution in [3.8, 4) is 11.6 Å². The highest BCUT2D eigenvalue weighted by atomic mass is 16.5. The molecule has 2 aromatic heterocycles. The molecule has 0 aromatic carbocycles. The summed E-state index contributed by atoms with van der Waals surface area (Å²) in [5.41, 5.74) is 0.701. The second-order valence-corrected chi connectivity index (χ2v) is 7.88. The third-order valence-electron chi connectivity index (χ3n) is 5.86. The van der Waals surface area contributed by atoms with E-state index in [2.05, 4.69) is 32.3 Å². The predicted octanol–water partition coefficient (Wildman–Crippen LogP) is 3.50. The van der Waals surface area contributed by atoms with Gasteiger partial charge in [-0.3, -0.25) is 0 Å². The van der Waals surface area contributed by atoms with E-state index in [0.29, 0.717) is 23.5 Å². The summed E-state index contributed by atoms with van der Waals surface area (Å²) in [5.74, 6) is 1.97. The number of hydrogen-bond acceptors (Lipinski definition) is 6. The van der Waals surface area contributed by atoms with Gasteiger partial charge in [0.1, 0.15) is 0 Å². The van der Waals surface area contributed by atoms with Gasteiger partial charge in [0.2, 0.25) is 0 Å². The van der Waals surface area contributed by atoms with E-state index in [1.165, 1.54) is 71.0 Å². The molecule has 0 N–H and O–H groups in total. The van der Waals surface area contributed by atoms with Crippen molar-refractivity contribution in [2.75, 3.05) is 19.6 Å². The molecule has 2 aromatic rings. The average Bonchev–Trinajstić information content (AvgIpc) is 3.34. The molecule has 0 amide bonds. The van der Waals surface area contributed by atoms with Crippen LogP contribution in [0.15, 0.2) is 10.7 Å². The van der Waals surface area contributed by atoms with Crippen LogP contribution >= 0.6 is 0 Å². The van der Waals surface area contributed by atoms with Crippen LogP contribution in [0.3, 0.4) is 0 Å². The Morgan fingerprint density at radius 1 is 1.12 bits per heavy atom. The first-order valence-corrected chi connectivity index (χ1v) is 10.3. The zero-order valence-corrected chi connectivity index (χ0v) is 15.8. The summed E-state index contributed by atoms with van der Waals surface area (Å²) >= 11 is 0. The minimum atomic E-state index is 0.473. The first-order chi connectivity index (χ1) is 12.8. The summed E-state index contributed by atoms with van der Waals surface area (Å²) in [6, 6.07) is 0.473. The van der Waals surface area contributed by atoms with E-state index in [1.54, 1.807) is 0 Å². The number of hydrogen-bond donors (Lipinski definition) is 0. The Hall–Kier alpha value is -1.76. The average molecular weight is 358 g/mol. The summed E-state index contributed by atoms with van der Waals surface area (Å²) in [5, 5.41) is 12.7. The highest BCUT2D eigenvalue weighted by Crippen LogP contribution is 2.28. The Labute approximate surface area is 155 Å².